The number of amides is 1. The van der Waals surface area contributed by atoms with Crippen molar-refractivity contribution in [3.05, 3.63) is 11.8 Å². The molecule has 1 fully saturated rings. The average Bonchev–Trinajstić information content (AvgIpc) is 3.10. The molecule has 2 heterocycles. The fourth-order valence-corrected chi connectivity index (χ4v) is 4.49. The monoisotopic (exact) mass is 386 g/mol. The molecule has 0 aromatic carbocycles. The largest absolute Gasteiger partial charge is 0.381 e. The molecule has 1 aromatic rings. The Morgan fingerprint density at radius 1 is 1.35 bits per heavy atom. The van der Waals surface area contributed by atoms with Gasteiger partial charge in [0.15, 0.2) is 5.82 Å². The molecule has 7 nitrogen and oxygen atoms in total. The highest BCUT2D eigenvalue weighted by molar-refractivity contribution is 7.87. The second-order valence-electron chi connectivity index (χ2n) is 7.75. The van der Waals surface area contributed by atoms with Crippen molar-refractivity contribution in [3.63, 3.8) is 0 Å². The number of carbonyl (C=O) groups is 1. The number of aromatic nitrogens is 1. The van der Waals surface area contributed by atoms with E-state index in [1.807, 2.05) is 20.8 Å². The van der Waals surface area contributed by atoms with E-state index < -0.39 is 21.0 Å². The number of nitrogens with one attached hydrogen (secondary N) is 1. The number of carbonyl (C=O) groups excluding carboxylic acids is 1. The first-order valence-electron chi connectivity index (χ1n) is 8.90. The van der Waals surface area contributed by atoms with E-state index in [1.165, 1.54) is 0 Å². The Morgan fingerprint density at radius 2 is 1.96 bits per heavy atom. The van der Waals surface area contributed by atoms with Crippen molar-refractivity contribution in [3.8, 4) is 0 Å². The lowest BCUT2D eigenvalue weighted by atomic mass is 9.84. The van der Waals surface area contributed by atoms with Crippen LogP contribution in [0.25, 0.3) is 0 Å². The fraction of sp³-hybridized carbons (Fsp3) is 0.778. The van der Waals surface area contributed by atoms with E-state index in [0.717, 1.165) is 0 Å². The highest BCUT2D eigenvalue weighted by Gasteiger charge is 2.40. The summed E-state index contributed by atoms with van der Waals surface area (Å²) in [5.74, 6) is 0.601. The van der Waals surface area contributed by atoms with Crippen LogP contribution in [0.15, 0.2) is 10.6 Å². The molecule has 8 heteroatoms. The van der Waals surface area contributed by atoms with E-state index in [1.54, 1.807) is 27.0 Å². The van der Waals surface area contributed by atoms with Crippen LogP contribution >= 0.6 is 0 Å². The van der Waals surface area contributed by atoms with Gasteiger partial charge in [0.05, 0.1) is 11.5 Å². The predicted octanol–water partition coefficient (Wildman–Crippen LogP) is 2.63. The number of hydrogen-bond donors (Lipinski definition) is 1. The van der Waals surface area contributed by atoms with E-state index >= 15 is 0 Å². The van der Waals surface area contributed by atoms with E-state index in [9.17, 15) is 9.00 Å². The van der Waals surface area contributed by atoms with Crippen LogP contribution in [0.3, 0.4) is 0 Å². The van der Waals surface area contributed by atoms with Gasteiger partial charge in [-0.3, -0.25) is 9.00 Å². The highest BCUT2D eigenvalue weighted by Crippen LogP contribution is 2.31. The summed E-state index contributed by atoms with van der Waals surface area (Å²) < 4.78 is 28.0. The standard InChI is InChI=1S/C18H30N2O5S/c1-12(23-6)17(2,3)14-11-15(20-25-14)19-16(21)18(4,5)26(22)13-7-9-24-10-8-13/h11-13H,7-10H2,1-6H3,(H,19,20,21). The number of anilines is 1. The van der Waals surface area contributed by atoms with E-state index in [2.05, 4.69) is 10.5 Å². The molecule has 148 valence electrons. The summed E-state index contributed by atoms with van der Waals surface area (Å²) >= 11 is 0. The number of rotatable bonds is 7. The Kier molecular flexibility index (Phi) is 6.63. The summed E-state index contributed by atoms with van der Waals surface area (Å²) in [7, 11) is 0.328. The molecule has 1 amide bonds. The molecule has 2 atom stereocenters. The summed E-state index contributed by atoms with van der Waals surface area (Å²) in [6.45, 7) is 10.5. The zero-order valence-electron chi connectivity index (χ0n) is 16.5. The smallest absolute Gasteiger partial charge is 0.243 e. The normalized spacial score (nSPS) is 19.2. The molecule has 2 unspecified atom stereocenters. The second-order valence-corrected chi connectivity index (χ2v) is 10.0. The van der Waals surface area contributed by atoms with E-state index in [-0.39, 0.29) is 17.3 Å². The Labute approximate surface area is 157 Å². The van der Waals surface area contributed by atoms with E-state index in [0.29, 0.717) is 37.6 Å². The Bertz CT molecular complexity index is 650. The summed E-state index contributed by atoms with van der Waals surface area (Å²) in [5, 5.41) is 6.66. The molecule has 2 rings (SSSR count). The van der Waals surface area contributed by atoms with Crippen LogP contribution in [-0.4, -0.2) is 51.7 Å². The van der Waals surface area contributed by atoms with Crippen LogP contribution in [0.5, 0.6) is 0 Å². The van der Waals surface area contributed by atoms with Gasteiger partial charge < -0.3 is 19.3 Å². The van der Waals surface area contributed by atoms with Gasteiger partial charge in [-0.25, -0.2) is 0 Å². The molecule has 0 saturated carbocycles. The van der Waals surface area contributed by atoms with Gasteiger partial charge in [0.1, 0.15) is 10.5 Å². The Balaban J connectivity index is 2.08. The Morgan fingerprint density at radius 3 is 2.54 bits per heavy atom. The minimum atomic E-state index is -1.31. The first kappa shape index (κ1) is 21.1. The van der Waals surface area contributed by atoms with Crippen molar-refractivity contribution in [1.29, 1.82) is 0 Å². The molecule has 1 aliphatic rings. The number of nitrogens with zero attached hydrogens (tertiary/aromatic N) is 1. The van der Waals surface area contributed by atoms with Gasteiger partial charge in [-0.15, -0.1) is 0 Å². The third-order valence-electron chi connectivity index (χ3n) is 5.28. The maximum atomic E-state index is 12.9. The van der Waals surface area contributed by atoms with Gasteiger partial charge in [-0.2, -0.15) is 0 Å². The van der Waals surface area contributed by atoms with Crippen molar-refractivity contribution >= 4 is 22.5 Å². The first-order valence-corrected chi connectivity index (χ1v) is 10.1. The Hall–Kier alpha value is -1.25. The molecule has 0 bridgehead atoms. The average molecular weight is 387 g/mol. The lowest BCUT2D eigenvalue weighted by Crippen LogP contribution is -2.46. The summed E-state index contributed by atoms with van der Waals surface area (Å²) in [6.07, 6.45) is 1.33. The molecule has 26 heavy (non-hydrogen) atoms. The van der Waals surface area contributed by atoms with E-state index in [4.69, 9.17) is 14.0 Å². The summed E-state index contributed by atoms with van der Waals surface area (Å²) in [4.78, 5) is 12.7. The van der Waals surface area contributed by atoms with Gasteiger partial charge in [0, 0.05) is 42.4 Å². The first-order chi connectivity index (χ1) is 12.1. The van der Waals surface area contributed by atoms with Crippen molar-refractivity contribution in [2.45, 2.75) is 69.0 Å². The van der Waals surface area contributed by atoms with Gasteiger partial charge in [-0.1, -0.05) is 19.0 Å². The fourth-order valence-electron chi connectivity index (χ4n) is 2.80. The lowest BCUT2D eigenvalue weighted by Gasteiger charge is -2.30. The van der Waals surface area contributed by atoms with Crippen LogP contribution in [0.4, 0.5) is 5.82 Å². The second kappa shape index (κ2) is 8.19. The van der Waals surface area contributed by atoms with Crippen molar-refractivity contribution in [2.24, 2.45) is 0 Å². The highest BCUT2D eigenvalue weighted by atomic mass is 32.2. The van der Waals surface area contributed by atoms with Gasteiger partial charge in [0.25, 0.3) is 0 Å². The van der Waals surface area contributed by atoms with Crippen molar-refractivity contribution in [1.82, 2.24) is 5.16 Å². The minimum Gasteiger partial charge on any atom is -0.381 e. The predicted molar refractivity (Wildman–Crippen MR) is 101 cm³/mol. The topological polar surface area (TPSA) is 90.7 Å². The quantitative estimate of drug-likeness (QED) is 0.775. The maximum Gasteiger partial charge on any atom is 0.243 e. The molecule has 1 aromatic heterocycles. The summed E-state index contributed by atoms with van der Waals surface area (Å²) in [6, 6.07) is 1.70. The molecule has 1 N–H and O–H groups in total. The molecule has 0 spiro atoms. The van der Waals surface area contributed by atoms with Gasteiger partial charge in [-0.05, 0) is 33.6 Å². The maximum absolute atomic E-state index is 12.9. The third kappa shape index (κ3) is 4.35. The zero-order chi connectivity index (χ0) is 19.5. The molecule has 0 radical (unpaired) electrons. The van der Waals surface area contributed by atoms with Crippen molar-refractivity contribution in [2.75, 3.05) is 25.6 Å². The van der Waals surface area contributed by atoms with Crippen molar-refractivity contribution < 1.29 is 23.0 Å². The molecular weight excluding hydrogens is 356 g/mol. The van der Waals surface area contributed by atoms with Gasteiger partial charge in [0.2, 0.25) is 5.91 Å². The third-order valence-corrected chi connectivity index (χ3v) is 7.55. The van der Waals surface area contributed by atoms with Crippen LogP contribution in [0.1, 0.15) is 53.2 Å². The number of methoxy groups -OCH3 is 1. The SMILES string of the molecule is COC(C)C(C)(C)c1cc(NC(=O)C(C)(C)S(=O)C2CCOCC2)no1. The van der Waals surface area contributed by atoms with Crippen LogP contribution in [-0.2, 0) is 30.5 Å². The molecule has 0 aliphatic carbocycles. The van der Waals surface area contributed by atoms with Crippen LogP contribution in [0, 0.1) is 0 Å². The molecule has 1 saturated heterocycles. The van der Waals surface area contributed by atoms with Crippen LogP contribution in [0.2, 0.25) is 0 Å². The number of hydrogen-bond acceptors (Lipinski definition) is 6. The number of ether oxygens (including phenoxy) is 2. The zero-order valence-corrected chi connectivity index (χ0v) is 17.3. The van der Waals surface area contributed by atoms with Gasteiger partial charge >= 0.3 is 0 Å². The molecular formula is C18H30N2O5S. The van der Waals surface area contributed by atoms with Crippen LogP contribution < -0.4 is 5.32 Å². The lowest BCUT2D eigenvalue weighted by molar-refractivity contribution is -0.117. The summed E-state index contributed by atoms with van der Waals surface area (Å²) in [5.41, 5.74) is -0.398. The molecule has 1 aliphatic heterocycles. The minimum absolute atomic E-state index is 0.0288.